The smallest absolute Gasteiger partial charge is 0.407 e. The van der Waals surface area contributed by atoms with Gasteiger partial charge in [0, 0.05) is 0 Å². The number of carbonyl (C=O) groups excluding carboxylic acids is 2. The summed E-state index contributed by atoms with van der Waals surface area (Å²) in [6.07, 6.45) is 1.61. The van der Waals surface area contributed by atoms with Crippen LogP contribution in [-0.2, 0) is 14.3 Å². The molecule has 0 aliphatic carbocycles. The summed E-state index contributed by atoms with van der Waals surface area (Å²) < 4.78 is 9.64. The van der Waals surface area contributed by atoms with Crippen LogP contribution in [-0.4, -0.2) is 31.3 Å². The molecular weight excluding hydrogens is 198 g/mol. The van der Waals surface area contributed by atoms with Crippen LogP contribution in [0.5, 0.6) is 0 Å². The number of hydrogen-bond donors (Lipinski definition) is 1. The van der Waals surface area contributed by atoms with Gasteiger partial charge in [-0.1, -0.05) is 6.08 Å². The zero-order valence-electron chi connectivity index (χ0n) is 8.69. The van der Waals surface area contributed by atoms with Gasteiger partial charge in [0.15, 0.2) is 0 Å². The molecule has 0 aromatic heterocycles. The van der Waals surface area contributed by atoms with E-state index in [1.807, 2.05) is 0 Å². The molecule has 1 fully saturated rings. The third-order valence-electron chi connectivity index (χ3n) is 2.19. The summed E-state index contributed by atoms with van der Waals surface area (Å²) >= 11 is 0. The number of alkyl carbamates (subject to hydrolysis) is 1. The summed E-state index contributed by atoms with van der Waals surface area (Å²) in [6, 6.07) is -0.311. The van der Waals surface area contributed by atoms with Gasteiger partial charge < -0.3 is 14.8 Å². The van der Waals surface area contributed by atoms with Crippen LogP contribution in [0.15, 0.2) is 12.7 Å². The molecule has 1 N–H and O–H groups in total. The van der Waals surface area contributed by atoms with E-state index in [1.165, 1.54) is 0 Å². The summed E-state index contributed by atoms with van der Waals surface area (Å²) in [7, 11) is 0. The van der Waals surface area contributed by atoms with Crippen LogP contribution < -0.4 is 5.32 Å². The first kappa shape index (κ1) is 11.6. The Balaban J connectivity index is 2.60. The van der Waals surface area contributed by atoms with E-state index in [9.17, 15) is 9.59 Å². The third-order valence-corrected chi connectivity index (χ3v) is 2.19. The van der Waals surface area contributed by atoms with E-state index in [-0.39, 0.29) is 18.6 Å². The lowest BCUT2D eigenvalue weighted by atomic mass is 9.97. The number of esters is 1. The summed E-state index contributed by atoms with van der Waals surface area (Å²) in [5.74, 6) is -0.734. The molecule has 1 aliphatic rings. The Bertz CT molecular complexity index is 264. The van der Waals surface area contributed by atoms with Gasteiger partial charge in [0.1, 0.15) is 6.61 Å². The van der Waals surface area contributed by atoms with Gasteiger partial charge >= 0.3 is 12.1 Å². The minimum Gasteiger partial charge on any atom is -0.466 e. The van der Waals surface area contributed by atoms with Gasteiger partial charge in [0.05, 0.1) is 18.6 Å². The van der Waals surface area contributed by atoms with Crippen molar-refractivity contribution in [3.63, 3.8) is 0 Å². The van der Waals surface area contributed by atoms with Gasteiger partial charge in [0.25, 0.3) is 0 Å². The van der Waals surface area contributed by atoms with Crippen molar-refractivity contribution in [1.29, 1.82) is 0 Å². The molecule has 2 atom stereocenters. The van der Waals surface area contributed by atoms with Gasteiger partial charge in [-0.25, -0.2) is 4.79 Å². The molecule has 5 heteroatoms. The predicted molar refractivity (Wildman–Crippen MR) is 53.2 cm³/mol. The average Bonchev–Trinajstić information content (AvgIpc) is 2.61. The molecule has 0 radical (unpaired) electrons. The first-order chi connectivity index (χ1) is 7.19. The Labute approximate surface area is 88.4 Å². The average molecular weight is 213 g/mol. The Morgan fingerprint density at radius 1 is 1.87 bits per heavy atom. The largest absolute Gasteiger partial charge is 0.466 e. The molecule has 84 valence electrons. The lowest BCUT2D eigenvalue weighted by Gasteiger charge is -2.18. The maximum Gasteiger partial charge on any atom is 0.407 e. The highest BCUT2D eigenvalue weighted by atomic mass is 16.6. The molecule has 0 aromatic carbocycles. The van der Waals surface area contributed by atoms with Gasteiger partial charge in [-0.3, -0.25) is 4.79 Å². The van der Waals surface area contributed by atoms with E-state index < -0.39 is 12.0 Å². The standard InChI is InChI=1S/C10H15NO4/c1-3-5-7(9(12)14-4-2)8-6-15-10(13)11-8/h3,7-8H,1,4-6H2,2H3,(H,11,13)/t7-,8+/m0/s1. The van der Waals surface area contributed by atoms with E-state index in [0.29, 0.717) is 13.0 Å². The first-order valence-electron chi connectivity index (χ1n) is 4.89. The van der Waals surface area contributed by atoms with Gasteiger partial charge in [-0.05, 0) is 13.3 Å². The van der Waals surface area contributed by atoms with Crippen molar-refractivity contribution >= 4 is 12.1 Å². The monoisotopic (exact) mass is 213 g/mol. The topological polar surface area (TPSA) is 64.6 Å². The van der Waals surface area contributed by atoms with E-state index >= 15 is 0 Å². The Morgan fingerprint density at radius 3 is 3.07 bits per heavy atom. The number of carbonyl (C=O) groups is 2. The van der Waals surface area contributed by atoms with E-state index in [1.54, 1.807) is 13.0 Å². The predicted octanol–water partition coefficient (Wildman–Crippen LogP) is 0.850. The van der Waals surface area contributed by atoms with Crippen molar-refractivity contribution in [3.8, 4) is 0 Å². The van der Waals surface area contributed by atoms with Crippen LogP contribution in [0.3, 0.4) is 0 Å². The molecule has 1 heterocycles. The number of ether oxygens (including phenoxy) is 2. The molecule has 15 heavy (non-hydrogen) atoms. The van der Waals surface area contributed by atoms with Crippen LogP contribution in [0.4, 0.5) is 4.79 Å². The quantitative estimate of drug-likeness (QED) is 0.543. The first-order valence-corrected chi connectivity index (χ1v) is 4.89. The van der Waals surface area contributed by atoms with E-state index in [4.69, 9.17) is 9.47 Å². The van der Waals surface area contributed by atoms with Gasteiger partial charge in [0.2, 0.25) is 0 Å². The minimum absolute atomic E-state index is 0.205. The SMILES string of the molecule is C=CC[C@H](C(=O)OCC)[C@H]1COC(=O)N1. The highest BCUT2D eigenvalue weighted by Crippen LogP contribution is 2.16. The fourth-order valence-electron chi connectivity index (χ4n) is 1.47. The normalized spacial score (nSPS) is 21.4. The second kappa shape index (κ2) is 5.38. The van der Waals surface area contributed by atoms with Crippen molar-refractivity contribution in [2.24, 2.45) is 5.92 Å². The van der Waals surface area contributed by atoms with Crippen molar-refractivity contribution in [2.75, 3.05) is 13.2 Å². The van der Waals surface area contributed by atoms with Crippen LogP contribution in [0.1, 0.15) is 13.3 Å². The molecule has 1 rings (SSSR count). The third kappa shape index (κ3) is 2.97. The summed E-state index contributed by atoms with van der Waals surface area (Å²) in [6.45, 7) is 5.85. The zero-order chi connectivity index (χ0) is 11.3. The summed E-state index contributed by atoms with van der Waals surface area (Å²) in [5.41, 5.74) is 0. The maximum absolute atomic E-state index is 11.5. The van der Waals surface area contributed by atoms with Crippen LogP contribution in [0.25, 0.3) is 0 Å². The van der Waals surface area contributed by atoms with Crippen LogP contribution in [0.2, 0.25) is 0 Å². The van der Waals surface area contributed by atoms with Gasteiger partial charge in [-0.2, -0.15) is 0 Å². The minimum atomic E-state index is -0.488. The molecule has 0 bridgehead atoms. The molecule has 1 amide bonds. The molecule has 1 aliphatic heterocycles. The number of hydrogen-bond acceptors (Lipinski definition) is 4. The summed E-state index contributed by atoms with van der Waals surface area (Å²) in [5, 5.41) is 2.57. The number of nitrogens with one attached hydrogen (secondary N) is 1. The van der Waals surface area contributed by atoms with Crippen molar-refractivity contribution in [1.82, 2.24) is 5.32 Å². The molecule has 0 saturated carbocycles. The highest BCUT2D eigenvalue weighted by Gasteiger charge is 2.34. The highest BCUT2D eigenvalue weighted by molar-refractivity contribution is 5.76. The number of amides is 1. The molecular formula is C10H15NO4. The zero-order valence-corrected chi connectivity index (χ0v) is 8.69. The van der Waals surface area contributed by atoms with Crippen molar-refractivity contribution in [3.05, 3.63) is 12.7 Å². The molecule has 5 nitrogen and oxygen atoms in total. The molecule has 1 saturated heterocycles. The second-order valence-corrected chi connectivity index (χ2v) is 3.23. The van der Waals surface area contributed by atoms with Crippen molar-refractivity contribution < 1.29 is 19.1 Å². The van der Waals surface area contributed by atoms with Crippen molar-refractivity contribution in [2.45, 2.75) is 19.4 Å². The number of cyclic esters (lactones) is 1. The molecule has 0 aromatic rings. The molecule has 0 unspecified atom stereocenters. The summed E-state index contributed by atoms with van der Waals surface area (Å²) in [4.78, 5) is 22.4. The number of allylic oxidation sites excluding steroid dienone is 1. The lowest BCUT2D eigenvalue weighted by molar-refractivity contribution is -0.148. The fraction of sp³-hybridized carbons (Fsp3) is 0.600. The second-order valence-electron chi connectivity index (χ2n) is 3.23. The van der Waals surface area contributed by atoms with Gasteiger partial charge in [-0.15, -0.1) is 6.58 Å². The van der Waals surface area contributed by atoms with E-state index in [0.717, 1.165) is 0 Å². The Morgan fingerprint density at radius 2 is 2.60 bits per heavy atom. The van der Waals surface area contributed by atoms with Crippen LogP contribution >= 0.6 is 0 Å². The lowest BCUT2D eigenvalue weighted by Crippen LogP contribution is -2.39. The Kier molecular flexibility index (Phi) is 4.15. The van der Waals surface area contributed by atoms with E-state index in [2.05, 4.69) is 11.9 Å². The Hall–Kier alpha value is -1.52. The molecule has 0 spiro atoms. The fourth-order valence-corrected chi connectivity index (χ4v) is 1.47. The number of rotatable bonds is 5. The van der Waals surface area contributed by atoms with Crippen LogP contribution in [0, 0.1) is 5.92 Å². The maximum atomic E-state index is 11.5.